The van der Waals surface area contributed by atoms with E-state index in [2.05, 4.69) is 29.2 Å². The van der Waals surface area contributed by atoms with Gasteiger partial charge in [0.1, 0.15) is 0 Å². The van der Waals surface area contributed by atoms with Crippen molar-refractivity contribution in [1.29, 1.82) is 0 Å². The lowest BCUT2D eigenvalue weighted by Gasteiger charge is -2.19. The molecule has 2 aromatic heterocycles. The maximum atomic E-state index is 13.1. The van der Waals surface area contributed by atoms with Crippen LogP contribution in [0.5, 0.6) is 0 Å². The van der Waals surface area contributed by atoms with Crippen LogP contribution in [0.3, 0.4) is 0 Å². The van der Waals surface area contributed by atoms with Crippen LogP contribution in [0.25, 0.3) is 5.69 Å². The Kier molecular flexibility index (Phi) is 5.21. The van der Waals surface area contributed by atoms with Gasteiger partial charge in [-0.2, -0.15) is 5.10 Å². The molecule has 1 aliphatic rings. The molecule has 0 radical (unpaired) electrons. The van der Waals surface area contributed by atoms with Crippen LogP contribution in [0.2, 0.25) is 0 Å². The van der Waals surface area contributed by atoms with Crippen LogP contribution >= 0.6 is 0 Å². The second-order valence-electron chi connectivity index (χ2n) is 7.30. The van der Waals surface area contributed by atoms with Crippen LogP contribution in [0, 0.1) is 5.92 Å². The molecular formula is C22H24N4O2. The summed E-state index contributed by atoms with van der Waals surface area (Å²) in [6, 6.07) is 13.8. The van der Waals surface area contributed by atoms with E-state index in [4.69, 9.17) is 4.74 Å². The number of ether oxygens (including phenoxy) is 1. The highest BCUT2D eigenvalue weighted by atomic mass is 16.5. The number of para-hydroxylation sites is 1. The van der Waals surface area contributed by atoms with Crippen molar-refractivity contribution >= 4 is 11.6 Å². The maximum absolute atomic E-state index is 13.1. The quantitative estimate of drug-likeness (QED) is 0.728. The molecule has 6 nitrogen and oxygen atoms in total. The summed E-state index contributed by atoms with van der Waals surface area (Å²) in [5, 5.41) is 7.63. The molecule has 0 spiro atoms. The van der Waals surface area contributed by atoms with E-state index in [1.54, 1.807) is 18.6 Å². The monoisotopic (exact) mass is 376 g/mol. The molecule has 4 rings (SSSR count). The van der Waals surface area contributed by atoms with Crippen LogP contribution in [-0.2, 0) is 9.53 Å². The molecule has 1 amide bonds. The molecule has 6 heteroatoms. The fourth-order valence-corrected chi connectivity index (χ4v) is 3.75. The van der Waals surface area contributed by atoms with E-state index in [9.17, 15) is 4.79 Å². The van der Waals surface area contributed by atoms with E-state index < -0.39 is 0 Å². The normalized spacial score (nSPS) is 19.1. The van der Waals surface area contributed by atoms with E-state index in [-0.39, 0.29) is 23.8 Å². The van der Waals surface area contributed by atoms with Crippen molar-refractivity contribution < 1.29 is 9.53 Å². The van der Waals surface area contributed by atoms with Crippen molar-refractivity contribution in [3.8, 4) is 5.69 Å². The number of amides is 1. The van der Waals surface area contributed by atoms with Gasteiger partial charge < -0.3 is 10.1 Å². The Hall–Kier alpha value is -2.99. The molecule has 144 valence electrons. The van der Waals surface area contributed by atoms with Gasteiger partial charge in [-0.3, -0.25) is 9.78 Å². The smallest absolute Gasteiger partial charge is 0.230 e. The van der Waals surface area contributed by atoms with Crippen LogP contribution in [0.4, 0.5) is 5.69 Å². The number of rotatable bonds is 5. The Morgan fingerprint density at radius 3 is 2.64 bits per heavy atom. The summed E-state index contributed by atoms with van der Waals surface area (Å²) >= 11 is 0. The predicted octanol–water partition coefficient (Wildman–Crippen LogP) is 4.11. The number of carbonyl (C=O) groups excluding carboxylic acids is 1. The van der Waals surface area contributed by atoms with Gasteiger partial charge in [0, 0.05) is 19.0 Å². The fourth-order valence-electron chi connectivity index (χ4n) is 3.75. The summed E-state index contributed by atoms with van der Waals surface area (Å²) in [5.74, 6) is -0.0647. The van der Waals surface area contributed by atoms with Gasteiger partial charge in [0.15, 0.2) is 0 Å². The Morgan fingerprint density at radius 2 is 1.93 bits per heavy atom. The van der Waals surface area contributed by atoms with Gasteiger partial charge in [-0.15, -0.1) is 0 Å². The Morgan fingerprint density at radius 1 is 1.18 bits per heavy atom. The van der Waals surface area contributed by atoms with Crippen LogP contribution in [-0.4, -0.2) is 27.3 Å². The first-order valence-electron chi connectivity index (χ1n) is 9.61. The summed E-state index contributed by atoms with van der Waals surface area (Å²) in [7, 11) is 0. The number of carbonyl (C=O) groups is 1. The molecule has 28 heavy (non-hydrogen) atoms. The number of aromatic nitrogens is 3. The minimum Gasteiger partial charge on any atom is -0.373 e. The average molecular weight is 376 g/mol. The molecule has 0 saturated carbocycles. The van der Waals surface area contributed by atoms with Gasteiger partial charge >= 0.3 is 0 Å². The van der Waals surface area contributed by atoms with Gasteiger partial charge in [0.25, 0.3) is 0 Å². The highest BCUT2D eigenvalue weighted by Crippen LogP contribution is 2.36. The highest BCUT2D eigenvalue weighted by Gasteiger charge is 2.35. The average Bonchev–Trinajstić information content (AvgIpc) is 3.36. The first kappa shape index (κ1) is 18.4. The first-order chi connectivity index (χ1) is 13.6. The molecule has 1 N–H and O–H groups in total. The van der Waals surface area contributed by atoms with Crippen molar-refractivity contribution in [2.75, 3.05) is 11.9 Å². The summed E-state index contributed by atoms with van der Waals surface area (Å²) in [4.78, 5) is 17.1. The summed E-state index contributed by atoms with van der Waals surface area (Å²) in [6.07, 6.45) is 5.65. The van der Waals surface area contributed by atoms with Gasteiger partial charge in [0.05, 0.1) is 35.3 Å². The third-order valence-corrected chi connectivity index (χ3v) is 5.08. The lowest BCUT2D eigenvalue weighted by atomic mass is 9.95. The molecule has 0 bridgehead atoms. The molecule has 0 unspecified atom stereocenters. The van der Waals surface area contributed by atoms with E-state index in [0.717, 1.165) is 22.6 Å². The van der Waals surface area contributed by atoms with Crippen molar-refractivity contribution in [1.82, 2.24) is 14.8 Å². The molecule has 1 saturated heterocycles. The fraction of sp³-hybridized carbons (Fsp3) is 0.318. The largest absolute Gasteiger partial charge is 0.373 e. The standard InChI is InChI=1S/C22H24N4O2/c1-15(2)20-19(14-24-26(20)17-6-4-3-5-7-17)25-22(27)18-10-13-28-21(18)16-8-11-23-12-9-16/h3-9,11-12,14-15,18,21H,10,13H2,1-2H3,(H,25,27)/t18-,21+/m1/s1. The predicted molar refractivity (Wildman–Crippen MR) is 107 cm³/mol. The topological polar surface area (TPSA) is 69.0 Å². The number of hydrogen-bond acceptors (Lipinski definition) is 4. The summed E-state index contributed by atoms with van der Waals surface area (Å²) < 4.78 is 7.75. The second kappa shape index (κ2) is 7.94. The SMILES string of the molecule is CC(C)c1c(NC(=O)[C@@H]2CCO[C@H]2c2ccncc2)cnn1-c1ccccc1. The molecule has 3 heterocycles. The Labute approximate surface area is 164 Å². The molecule has 0 aliphatic carbocycles. The minimum atomic E-state index is -0.241. The van der Waals surface area contributed by atoms with Gasteiger partial charge in [-0.05, 0) is 42.2 Å². The van der Waals surface area contributed by atoms with E-state index >= 15 is 0 Å². The van der Waals surface area contributed by atoms with Gasteiger partial charge in [-0.1, -0.05) is 32.0 Å². The number of nitrogens with zero attached hydrogens (tertiary/aromatic N) is 3. The van der Waals surface area contributed by atoms with Crippen molar-refractivity contribution in [2.45, 2.75) is 32.3 Å². The Balaban J connectivity index is 1.59. The summed E-state index contributed by atoms with van der Waals surface area (Å²) in [5.41, 5.74) is 3.70. The van der Waals surface area contributed by atoms with Gasteiger partial charge in [0.2, 0.25) is 5.91 Å². The number of anilines is 1. The maximum Gasteiger partial charge on any atom is 0.230 e. The first-order valence-corrected chi connectivity index (χ1v) is 9.61. The third kappa shape index (κ3) is 3.55. The number of hydrogen-bond donors (Lipinski definition) is 1. The van der Waals surface area contributed by atoms with Crippen molar-refractivity contribution in [2.24, 2.45) is 5.92 Å². The zero-order valence-corrected chi connectivity index (χ0v) is 16.1. The minimum absolute atomic E-state index is 0.0335. The van der Waals surface area contributed by atoms with Crippen LogP contribution in [0.1, 0.15) is 43.5 Å². The Bertz CT molecular complexity index is 938. The van der Waals surface area contributed by atoms with Crippen LogP contribution < -0.4 is 5.32 Å². The molecule has 1 aromatic carbocycles. The van der Waals surface area contributed by atoms with E-state index in [1.807, 2.05) is 47.1 Å². The van der Waals surface area contributed by atoms with Crippen molar-refractivity contribution in [3.05, 3.63) is 72.3 Å². The second-order valence-corrected chi connectivity index (χ2v) is 7.30. The summed E-state index contributed by atoms with van der Waals surface area (Å²) in [6.45, 7) is 4.78. The van der Waals surface area contributed by atoms with Crippen LogP contribution in [0.15, 0.2) is 61.1 Å². The lowest BCUT2D eigenvalue weighted by molar-refractivity contribution is -0.121. The third-order valence-electron chi connectivity index (χ3n) is 5.08. The highest BCUT2D eigenvalue weighted by molar-refractivity contribution is 5.93. The number of nitrogens with one attached hydrogen (secondary N) is 1. The van der Waals surface area contributed by atoms with E-state index in [0.29, 0.717) is 13.0 Å². The molecule has 1 fully saturated rings. The van der Waals surface area contributed by atoms with Crippen molar-refractivity contribution in [3.63, 3.8) is 0 Å². The molecule has 3 aromatic rings. The number of benzene rings is 1. The zero-order valence-electron chi connectivity index (χ0n) is 16.1. The molecule has 1 aliphatic heterocycles. The van der Waals surface area contributed by atoms with Gasteiger partial charge in [-0.25, -0.2) is 4.68 Å². The number of pyridine rings is 1. The molecule has 2 atom stereocenters. The van der Waals surface area contributed by atoms with E-state index in [1.165, 1.54) is 0 Å². The zero-order chi connectivity index (χ0) is 19.5. The lowest BCUT2D eigenvalue weighted by Crippen LogP contribution is -2.26. The molecular weight excluding hydrogens is 352 g/mol.